The Morgan fingerprint density at radius 3 is 3.00 bits per heavy atom. The van der Waals surface area contributed by atoms with Crippen molar-refractivity contribution in [3.63, 3.8) is 0 Å². The van der Waals surface area contributed by atoms with E-state index in [9.17, 15) is 0 Å². The summed E-state index contributed by atoms with van der Waals surface area (Å²) in [5.74, 6) is 0. The molecule has 0 aromatic carbocycles. The van der Waals surface area contributed by atoms with Crippen LogP contribution in [0.1, 0.15) is 13.3 Å². The maximum Gasteiger partial charge on any atom is 0.141 e. The van der Waals surface area contributed by atoms with Crippen molar-refractivity contribution in [1.82, 2.24) is 19.7 Å². The fraction of sp³-hybridized carbons (Fsp3) is 0.286. The van der Waals surface area contributed by atoms with Crippen LogP contribution in [0.2, 0.25) is 5.02 Å². The molecule has 0 saturated carbocycles. The summed E-state index contributed by atoms with van der Waals surface area (Å²) in [6.45, 7) is 3.04. The normalized spacial score (nSPS) is 11.2. The summed E-state index contributed by atoms with van der Waals surface area (Å²) in [6, 6.07) is 1.95. The van der Waals surface area contributed by atoms with Crippen LogP contribution in [0, 0.1) is 0 Å². The van der Waals surface area contributed by atoms with Gasteiger partial charge in [-0.1, -0.05) is 18.5 Å². The molecule has 2 N–H and O–H groups in total. The molecule has 0 saturated heterocycles. The van der Waals surface area contributed by atoms with Crippen molar-refractivity contribution < 1.29 is 0 Å². The summed E-state index contributed by atoms with van der Waals surface area (Å²) < 4.78 is 1.75. The molecule has 0 unspecified atom stereocenters. The number of hydrogen-bond acceptors (Lipinski definition) is 3. The highest BCUT2D eigenvalue weighted by atomic mass is 35.5. The Labute approximate surface area is 122 Å². The van der Waals surface area contributed by atoms with Gasteiger partial charge >= 0.3 is 0 Å². The summed E-state index contributed by atoms with van der Waals surface area (Å²) in [7, 11) is 1.88. The molecule has 0 fully saturated rings. The minimum absolute atomic E-state index is 0.680. The number of aromatic amines is 1. The lowest BCUT2D eigenvalue weighted by molar-refractivity contribution is 0.768. The molecule has 0 amide bonds. The quantitative estimate of drug-likeness (QED) is 0.773. The lowest BCUT2D eigenvalue weighted by atomic mass is 10.2. The lowest BCUT2D eigenvalue weighted by Crippen LogP contribution is -2.00. The first-order valence-corrected chi connectivity index (χ1v) is 6.97. The molecule has 6 heteroatoms. The number of pyridine rings is 1. The van der Waals surface area contributed by atoms with Gasteiger partial charge in [0.2, 0.25) is 0 Å². The van der Waals surface area contributed by atoms with Crippen LogP contribution >= 0.6 is 11.6 Å². The van der Waals surface area contributed by atoms with Crippen molar-refractivity contribution in [2.45, 2.75) is 13.3 Å². The molecule has 3 heterocycles. The van der Waals surface area contributed by atoms with Crippen molar-refractivity contribution >= 4 is 28.3 Å². The smallest absolute Gasteiger partial charge is 0.141 e. The Hall–Kier alpha value is -2.01. The zero-order chi connectivity index (χ0) is 14.1. The molecular weight excluding hydrogens is 274 g/mol. The number of aromatic nitrogens is 4. The van der Waals surface area contributed by atoms with Gasteiger partial charge in [0.1, 0.15) is 5.65 Å². The van der Waals surface area contributed by atoms with E-state index in [4.69, 9.17) is 11.6 Å². The molecule has 3 aromatic rings. The number of fused-ring (bicyclic) bond motifs is 1. The fourth-order valence-electron chi connectivity index (χ4n) is 2.23. The van der Waals surface area contributed by atoms with Gasteiger partial charge in [-0.15, -0.1) is 0 Å². The lowest BCUT2D eigenvalue weighted by Gasteiger charge is -2.05. The summed E-state index contributed by atoms with van der Waals surface area (Å²) in [4.78, 5) is 7.63. The van der Waals surface area contributed by atoms with Gasteiger partial charge in [-0.2, -0.15) is 5.10 Å². The molecule has 3 rings (SSSR count). The Morgan fingerprint density at radius 2 is 2.30 bits per heavy atom. The predicted molar refractivity (Wildman–Crippen MR) is 82.1 cm³/mol. The number of aryl methyl sites for hydroxylation is 1. The van der Waals surface area contributed by atoms with Gasteiger partial charge in [-0.25, -0.2) is 4.98 Å². The van der Waals surface area contributed by atoms with E-state index in [1.54, 1.807) is 17.1 Å². The Bertz CT molecular complexity index is 743. The van der Waals surface area contributed by atoms with Crippen LogP contribution in [-0.2, 0) is 7.05 Å². The second-order valence-corrected chi connectivity index (χ2v) is 5.10. The molecule has 20 heavy (non-hydrogen) atoms. The third kappa shape index (κ3) is 2.14. The molecule has 3 aromatic heterocycles. The Balaban J connectivity index is 2.14. The van der Waals surface area contributed by atoms with E-state index in [1.807, 2.05) is 19.3 Å². The van der Waals surface area contributed by atoms with Gasteiger partial charge in [0.25, 0.3) is 0 Å². The maximum absolute atomic E-state index is 6.54. The molecule has 0 aliphatic heterocycles. The number of halogens is 1. The average Bonchev–Trinajstić information content (AvgIpc) is 3.01. The molecule has 0 radical (unpaired) electrons. The van der Waals surface area contributed by atoms with Crippen molar-refractivity contribution in [2.24, 2.45) is 7.05 Å². The van der Waals surface area contributed by atoms with Gasteiger partial charge in [0.15, 0.2) is 0 Å². The number of hydrogen-bond donors (Lipinski definition) is 2. The number of nitrogens with one attached hydrogen (secondary N) is 2. The Morgan fingerprint density at radius 1 is 1.45 bits per heavy atom. The van der Waals surface area contributed by atoms with Gasteiger partial charge in [-0.05, 0) is 12.5 Å². The molecule has 0 spiro atoms. The number of rotatable bonds is 4. The van der Waals surface area contributed by atoms with E-state index in [0.717, 1.165) is 40.9 Å². The van der Waals surface area contributed by atoms with Gasteiger partial charge in [0, 0.05) is 37.2 Å². The first-order valence-electron chi connectivity index (χ1n) is 6.59. The Kier molecular flexibility index (Phi) is 3.36. The highest BCUT2D eigenvalue weighted by Gasteiger charge is 2.16. The minimum Gasteiger partial charge on any atom is -0.384 e. The third-order valence-electron chi connectivity index (χ3n) is 3.19. The first-order chi connectivity index (χ1) is 9.70. The highest BCUT2D eigenvalue weighted by Crippen LogP contribution is 2.37. The second kappa shape index (κ2) is 5.17. The molecule has 0 aliphatic carbocycles. The predicted octanol–water partition coefficient (Wildman–Crippen LogP) is 3.44. The molecule has 0 aliphatic rings. The zero-order valence-corrected chi connectivity index (χ0v) is 12.2. The monoisotopic (exact) mass is 289 g/mol. The fourth-order valence-corrected chi connectivity index (χ4v) is 2.58. The van der Waals surface area contributed by atoms with Gasteiger partial charge < -0.3 is 10.3 Å². The second-order valence-electron chi connectivity index (χ2n) is 4.73. The topological polar surface area (TPSA) is 58.5 Å². The van der Waals surface area contributed by atoms with Crippen LogP contribution < -0.4 is 5.32 Å². The average molecular weight is 290 g/mol. The summed E-state index contributed by atoms with van der Waals surface area (Å²) in [5, 5.41) is 9.17. The molecule has 5 nitrogen and oxygen atoms in total. The summed E-state index contributed by atoms with van der Waals surface area (Å²) in [5.41, 5.74) is 3.60. The van der Waals surface area contributed by atoms with Gasteiger partial charge in [0.05, 0.1) is 22.3 Å². The zero-order valence-electron chi connectivity index (χ0n) is 11.4. The molecule has 0 bridgehead atoms. The summed E-state index contributed by atoms with van der Waals surface area (Å²) in [6.07, 6.45) is 6.55. The van der Waals surface area contributed by atoms with Gasteiger partial charge in [-0.3, -0.25) is 4.68 Å². The number of anilines is 1. The van der Waals surface area contributed by atoms with E-state index >= 15 is 0 Å². The molecule has 0 atom stereocenters. The van der Waals surface area contributed by atoms with Crippen LogP contribution in [0.5, 0.6) is 0 Å². The van der Waals surface area contributed by atoms with E-state index in [-0.39, 0.29) is 0 Å². The van der Waals surface area contributed by atoms with E-state index in [0.29, 0.717) is 5.02 Å². The van der Waals surface area contributed by atoms with Crippen molar-refractivity contribution in [3.05, 3.63) is 29.7 Å². The largest absolute Gasteiger partial charge is 0.384 e. The van der Waals surface area contributed by atoms with Crippen LogP contribution in [0.25, 0.3) is 22.3 Å². The SMILES string of the molecule is CCCNc1ccnc2[nH]c(-c3cnn(C)c3)c(Cl)c12. The number of nitrogens with zero attached hydrogens (tertiary/aromatic N) is 3. The van der Waals surface area contributed by atoms with Crippen molar-refractivity contribution in [3.8, 4) is 11.3 Å². The van der Waals surface area contributed by atoms with E-state index in [2.05, 4.69) is 27.3 Å². The molecule has 104 valence electrons. The van der Waals surface area contributed by atoms with Crippen LogP contribution in [0.15, 0.2) is 24.7 Å². The van der Waals surface area contributed by atoms with Crippen molar-refractivity contribution in [1.29, 1.82) is 0 Å². The van der Waals surface area contributed by atoms with Crippen molar-refractivity contribution in [2.75, 3.05) is 11.9 Å². The van der Waals surface area contributed by atoms with E-state index < -0.39 is 0 Å². The van der Waals surface area contributed by atoms with Crippen LogP contribution in [0.3, 0.4) is 0 Å². The maximum atomic E-state index is 6.54. The number of H-pyrrole nitrogens is 1. The summed E-state index contributed by atoms with van der Waals surface area (Å²) >= 11 is 6.54. The highest BCUT2D eigenvalue weighted by molar-refractivity contribution is 6.39. The molecular formula is C14H16ClN5. The first kappa shape index (κ1) is 13.0. The van der Waals surface area contributed by atoms with Crippen LogP contribution in [-0.4, -0.2) is 26.3 Å². The standard InChI is InChI=1S/C14H16ClN5/c1-3-5-16-10-4-6-17-14-11(10)12(15)13(19-14)9-7-18-20(2)8-9/h4,6-8H,3,5H2,1-2H3,(H2,16,17,19). The minimum atomic E-state index is 0.680. The van der Waals surface area contributed by atoms with Crippen LogP contribution in [0.4, 0.5) is 5.69 Å². The third-order valence-corrected chi connectivity index (χ3v) is 3.57. The van der Waals surface area contributed by atoms with E-state index in [1.165, 1.54) is 0 Å².